The predicted molar refractivity (Wildman–Crippen MR) is 112 cm³/mol. The number of fused-ring (bicyclic) bond motifs is 1. The summed E-state index contributed by atoms with van der Waals surface area (Å²) < 4.78 is 0. The second-order valence-electron chi connectivity index (χ2n) is 9.53. The Labute approximate surface area is 176 Å². The lowest BCUT2D eigenvalue weighted by Gasteiger charge is -2.41. The van der Waals surface area contributed by atoms with Crippen molar-refractivity contribution in [3.63, 3.8) is 0 Å². The summed E-state index contributed by atoms with van der Waals surface area (Å²) >= 11 is 0. The fraction of sp³-hybridized carbons (Fsp3) is 0.545. The molecule has 2 N–H and O–H groups in total. The van der Waals surface area contributed by atoms with E-state index < -0.39 is 11.2 Å². The van der Waals surface area contributed by atoms with Gasteiger partial charge in [-0.05, 0) is 25.0 Å². The normalized spacial score (nSPS) is 22.2. The van der Waals surface area contributed by atoms with Crippen LogP contribution in [0.5, 0.6) is 0 Å². The number of likely N-dealkylation sites (tertiary alicyclic amines) is 1. The number of H-pyrrole nitrogens is 1. The highest BCUT2D eigenvalue weighted by molar-refractivity contribution is 5.93. The van der Waals surface area contributed by atoms with E-state index >= 15 is 0 Å². The van der Waals surface area contributed by atoms with Crippen molar-refractivity contribution in [1.29, 1.82) is 0 Å². The maximum atomic E-state index is 12.8. The average molecular weight is 412 g/mol. The minimum Gasteiger partial charge on any atom is -0.387 e. The van der Waals surface area contributed by atoms with Gasteiger partial charge >= 0.3 is 0 Å². The lowest BCUT2D eigenvalue weighted by Crippen LogP contribution is -2.55. The number of amides is 1. The molecule has 0 aromatic carbocycles. The fourth-order valence-electron chi connectivity index (χ4n) is 4.28. The number of aromatic amines is 1. The number of hydrogen-bond donors (Lipinski definition) is 2. The average Bonchev–Trinajstić information content (AvgIpc) is 3.07. The summed E-state index contributed by atoms with van der Waals surface area (Å²) in [5.74, 6) is 0.490. The number of carbonyl (C=O) groups excluding carboxylic acids is 1. The van der Waals surface area contributed by atoms with Crippen LogP contribution in [-0.4, -0.2) is 61.0 Å². The zero-order chi connectivity index (χ0) is 21.5. The van der Waals surface area contributed by atoms with Crippen molar-refractivity contribution in [3.8, 4) is 0 Å². The fourth-order valence-corrected chi connectivity index (χ4v) is 4.28. The Balaban J connectivity index is 1.45. The molecular weight excluding hydrogens is 382 g/mol. The molecule has 0 radical (unpaired) electrons. The molecule has 1 fully saturated rings. The molecule has 4 rings (SSSR count). The number of pyridine rings is 1. The molecule has 2 aliphatic rings. The molecule has 1 amide bonds. The Bertz CT molecular complexity index is 1010. The minimum absolute atomic E-state index is 0.111. The Morgan fingerprint density at radius 2 is 2.13 bits per heavy atom. The van der Waals surface area contributed by atoms with Gasteiger partial charge in [0.25, 0.3) is 11.5 Å². The van der Waals surface area contributed by atoms with Crippen LogP contribution in [0.1, 0.15) is 61.1 Å². The van der Waals surface area contributed by atoms with E-state index in [0.29, 0.717) is 39.0 Å². The van der Waals surface area contributed by atoms with Crippen molar-refractivity contribution in [2.24, 2.45) is 0 Å². The first-order valence-electron chi connectivity index (χ1n) is 10.4. The molecule has 0 bridgehead atoms. The van der Waals surface area contributed by atoms with E-state index in [9.17, 15) is 14.7 Å². The summed E-state index contributed by atoms with van der Waals surface area (Å²) in [6.45, 7) is 8.83. The van der Waals surface area contributed by atoms with Gasteiger partial charge in [-0.25, -0.2) is 9.97 Å². The quantitative estimate of drug-likeness (QED) is 0.793. The molecule has 8 heteroatoms. The van der Waals surface area contributed by atoms with Crippen molar-refractivity contribution in [3.05, 3.63) is 57.5 Å². The third-order valence-electron chi connectivity index (χ3n) is 5.80. The SMILES string of the molecule is CC(C)(C)c1ncc2c(n1)CN(CC1(O)CCCN(C(=O)c3ccc[nH]c3=O)C1)C2. The molecular formula is C22H29N5O3. The van der Waals surface area contributed by atoms with Crippen LogP contribution >= 0.6 is 0 Å². The number of hydrogen-bond acceptors (Lipinski definition) is 6. The zero-order valence-corrected chi connectivity index (χ0v) is 17.8. The van der Waals surface area contributed by atoms with Crippen LogP contribution < -0.4 is 5.56 Å². The summed E-state index contributed by atoms with van der Waals surface area (Å²) in [4.78, 5) is 40.3. The van der Waals surface area contributed by atoms with E-state index in [1.165, 1.54) is 12.3 Å². The van der Waals surface area contributed by atoms with Crippen molar-refractivity contribution in [1.82, 2.24) is 24.8 Å². The molecule has 2 aromatic rings. The van der Waals surface area contributed by atoms with Gasteiger partial charge in [-0.3, -0.25) is 14.5 Å². The molecule has 2 aliphatic heterocycles. The molecule has 0 saturated carbocycles. The molecule has 2 aromatic heterocycles. The number of nitrogens with zero attached hydrogens (tertiary/aromatic N) is 4. The van der Waals surface area contributed by atoms with E-state index in [0.717, 1.165) is 17.1 Å². The van der Waals surface area contributed by atoms with Gasteiger partial charge in [0.15, 0.2) is 0 Å². The third-order valence-corrected chi connectivity index (χ3v) is 5.80. The maximum absolute atomic E-state index is 12.8. The van der Waals surface area contributed by atoms with Crippen LogP contribution in [0.15, 0.2) is 29.3 Å². The molecule has 8 nitrogen and oxygen atoms in total. The number of aromatic nitrogens is 3. The maximum Gasteiger partial charge on any atom is 0.260 e. The Morgan fingerprint density at radius 1 is 1.33 bits per heavy atom. The first kappa shape index (κ1) is 20.7. The van der Waals surface area contributed by atoms with Crippen molar-refractivity contribution < 1.29 is 9.90 Å². The highest BCUT2D eigenvalue weighted by atomic mass is 16.3. The third kappa shape index (κ3) is 4.15. The predicted octanol–water partition coefficient (Wildman–Crippen LogP) is 1.45. The van der Waals surface area contributed by atoms with Crippen LogP contribution in [0.4, 0.5) is 0 Å². The second-order valence-corrected chi connectivity index (χ2v) is 9.53. The molecule has 160 valence electrons. The van der Waals surface area contributed by atoms with Crippen LogP contribution in [0, 0.1) is 0 Å². The van der Waals surface area contributed by atoms with E-state index in [4.69, 9.17) is 4.98 Å². The van der Waals surface area contributed by atoms with Gasteiger partial charge in [-0.2, -0.15) is 0 Å². The number of rotatable bonds is 3. The van der Waals surface area contributed by atoms with Gasteiger partial charge < -0.3 is 15.0 Å². The van der Waals surface area contributed by atoms with Gasteiger partial charge in [0, 0.05) is 49.6 Å². The molecule has 0 spiro atoms. The Kier molecular flexibility index (Phi) is 5.23. The number of carbonyl (C=O) groups is 1. The van der Waals surface area contributed by atoms with Crippen molar-refractivity contribution >= 4 is 5.91 Å². The van der Waals surface area contributed by atoms with Gasteiger partial charge in [0.1, 0.15) is 11.4 Å². The van der Waals surface area contributed by atoms with E-state index in [2.05, 4.69) is 35.6 Å². The highest BCUT2D eigenvalue weighted by Gasteiger charge is 2.39. The highest BCUT2D eigenvalue weighted by Crippen LogP contribution is 2.29. The van der Waals surface area contributed by atoms with Gasteiger partial charge in [0.2, 0.25) is 0 Å². The van der Waals surface area contributed by atoms with E-state index in [-0.39, 0.29) is 23.4 Å². The first-order chi connectivity index (χ1) is 14.1. The summed E-state index contributed by atoms with van der Waals surface area (Å²) in [5, 5.41) is 11.3. The molecule has 0 aliphatic carbocycles. The number of nitrogens with one attached hydrogen (secondary N) is 1. The van der Waals surface area contributed by atoms with Crippen molar-refractivity contribution in [2.75, 3.05) is 19.6 Å². The number of β-amino-alcohol motifs (C(OH)–C–C–N with tert-alkyl or cyclic N) is 1. The van der Waals surface area contributed by atoms with Crippen molar-refractivity contribution in [2.45, 2.75) is 57.7 Å². The summed E-state index contributed by atoms with van der Waals surface area (Å²) in [5.41, 5.74) is 0.683. The molecule has 1 saturated heterocycles. The van der Waals surface area contributed by atoms with Crippen LogP contribution in [0.25, 0.3) is 0 Å². The van der Waals surface area contributed by atoms with Crippen LogP contribution in [-0.2, 0) is 18.5 Å². The lowest BCUT2D eigenvalue weighted by molar-refractivity contribution is -0.0477. The Hall–Kier alpha value is -2.58. The monoisotopic (exact) mass is 411 g/mol. The summed E-state index contributed by atoms with van der Waals surface area (Å²) in [6, 6.07) is 3.16. The number of piperidine rings is 1. The number of aliphatic hydroxyl groups is 1. The summed E-state index contributed by atoms with van der Waals surface area (Å²) in [6.07, 6.45) is 4.71. The summed E-state index contributed by atoms with van der Waals surface area (Å²) in [7, 11) is 0. The van der Waals surface area contributed by atoms with Crippen LogP contribution in [0.3, 0.4) is 0 Å². The van der Waals surface area contributed by atoms with Gasteiger partial charge in [-0.1, -0.05) is 20.8 Å². The molecule has 1 unspecified atom stereocenters. The lowest BCUT2D eigenvalue weighted by atomic mass is 9.91. The van der Waals surface area contributed by atoms with Crippen LogP contribution in [0.2, 0.25) is 0 Å². The smallest absolute Gasteiger partial charge is 0.260 e. The zero-order valence-electron chi connectivity index (χ0n) is 17.8. The minimum atomic E-state index is -1.02. The largest absolute Gasteiger partial charge is 0.387 e. The van der Waals surface area contributed by atoms with Gasteiger partial charge in [0.05, 0.1) is 17.8 Å². The molecule has 4 heterocycles. The molecule has 30 heavy (non-hydrogen) atoms. The second kappa shape index (κ2) is 7.59. The van der Waals surface area contributed by atoms with Gasteiger partial charge in [-0.15, -0.1) is 0 Å². The van der Waals surface area contributed by atoms with E-state index in [1.807, 2.05) is 6.20 Å². The van der Waals surface area contributed by atoms with E-state index in [1.54, 1.807) is 11.0 Å². The standard InChI is InChI=1S/C22H29N5O3/c1-21(2,3)20-24-10-15-11-26(12-17(15)25-20)13-22(30)7-5-9-27(14-22)19(29)16-6-4-8-23-18(16)28/h4,6,8,10,30H,5,7,9,11-14H2,1-3H3,(H,23,28). The topological polar surface area (TPSA) is 102 Å². The first-order valence-corrected chi connectivity index (χ1v) is 10.4. The Morgan fingerprint density at radius 3 is 2.87 bits per heavy atom. The molecule has 1 atom stereocenters.